The van der Waals surface area contributed by atoms with Crippen molar-refractivity contribution in [3.8, 4) is 22.6 Å². The minimum atomic E-state index is -1.92. The number of aromatic nitrogens is 1. The summed E-state index contributed by atoms with van der Waals surface area (Å²) < 4.78 is 29.9. The number of nitrogens with zero attached hydrogens (tertiary/aromatic N) is 1. The van der Waals surface area contributed by atoms with Crippen LogP contribution in [0.5, 0.6) is 5.75 Å². The van der Waals surface area contributed by atoms with Crippen LogP contribution in [0.2, 0.25) is 0 Å². The van der Waals surface area contributed by atoms with E-state index in [9.17, 15) is 9.59 Å². The highest BCUT2D eigenvalue weighted by atomic mass is 16.7. The minimum absolute atomic E-state index is 0.125. The fourth-order valence-electron chi connectivity index (χ4n) is 4.04. The van der Waals surface area contributed by atoms with Crippen LogP contribution in [-0.4, -0.2) is 50.0 Å². The predicted octanol–water partition coefficient (Wildman–Crippen LogP) is 5.12. The van der Waals surface area contributed by atoms with Gasteiger partial charge in [0.15, 0.2) is 0 Å². The predicted molar refractivity (Wildman–Crippen MR) is 135 cm³/mol. The molecule has 0 saturated carbocycles. The first kappa shape index (κ1) is 27.0. The largest absolute Gasteiger partial charge is 0.497 e. The number of methoxy groups -OCH3 is 1. The van der Waals surface area contributed by atoms with Crippen LogP contribution in [0, 0.1) is 0 Å². The number of carbonyl (C=O) groups is 2. The van der Waals surface area contributed by atoms with Gasteiger partial charge >= 0.3 is 17.7 Å². The van der Waals surface area contributed by atoms with Gasteiger partial charge in [0.25, 0.3) is 0 Å². The van der Waals surface area contributed by atoms with E-state index in [1.54, 1.807) is 69.7 Å². The number of hydrogen-bond donors (Lipinski definition) is 0. The van der Waals surface area contributed by atoms with Crippen molar-refractivity contribution in [2.45, 2.75) is 33.5 Å². The van der Waals surface area contributed by atoms with Gasteiger partial charge in [0.05, 0.1) is 26.0 Å². The molecule has 0 atom stereocenters. The lowest BCUT2D eigenvalue weighted by Gasteiger charge is -2.32. The van der Waals surface area contributed by atoms with E-state index in [2.05, 4.69) is 0 Å². The summed E-state index contributed by atoms with van der Waals surface area (Å²) in [5, 5.41) is 0. The van der Waals surface area contributed by atoms with Gasteiger partial charge in [0.1, 0.15) is 11.4 Å². The molecule has 0 amide bonds. The number of benzene rings is 2. The zero-order chi connectivity index (χ0) is 26.1. The molecule has 3 aromatic rings. The summed E-state index contributed by atoms with van der Waals surface area (Å²) in [6.45, 7) is 7.59. The average Bonchev–Trinajstić information content (AvgIpc) is 3.30. The monoisotopic (exact) mass is 495 g/mol. The fourth-order valence-corrected chi connectivity index (χ4v) is 4.04. The van der Waals surface area contributed by atoms with Crippen molar-refractivity contribution in [1.29, 1.82) is 0 Å². The lowest BCUT2D eigenvalue weighted by Crippen LogP contribution is -2.45. The van der Waals surface area contributed by atoms with E-state index >= 15 is 0 Å². The van der Waals surface area contributed by atoms with E-state index < -0.39 is 17.7 Å². The van der Waals surface area contributed by atoms with E-state index in [0.29, 0.717) is 17.0 Å². The number of hydrogen-bond acceptors (Lipinski definition) is 7. The molecule has 0 aliphatic heterocycles. The molecular weight excluding hydrogens is 462 g/mol. The molecule has 0 bridgehead atoms. The maximum absolute atomic E-state index is 13.5. The van der Waals surface area contributed by atoms with Crippen molar-refractivity contribution in [3.05, 3.63) is 72.1 Å². The summed E-state index contributed by atoms with van der Waals surface area (Å²) in [4.78, 5) is 26.9. The van der Waals surface area contributed by atoms with E-state index in [4.69, 9.17) is 23.7 Å². The summed E-state index contributed by atoms with van der Waals surface area (Å²) >= 11 is 0. The van der Waals surface area contributed by atoms with Crippen molar-refractivity contribution in [2.75, 3.05) is 33.5 Å². The van der Waals surface area contributed by atoms with E-state index in [1.165, 1.54) is 0 Å². The van der Waals surface area contributed by atoms with Gasteiger partial charge in [0, 0.05) is 24.5 Å². The molecule has 2 aromatic carbocycles. The molecule has 3 rings (SSSR count). The van der Waals surface area contributed by atoms with Gasteiger partial charge in [-0.3, -0.25) is 0 Å². The zero-order valence-electron chi connectivity index (χ0n) is 21.4. The molecule has 192 valence electrons. The maximum atomic E-state index is 13.5. The Labute approximate surface area is 211 Å². The molecule has 0 aliphatic carbocycles. The zero-order valence-corrected chi connectivity index (χ0v) is 21.4. The van der Waals surface area contributed by atoms with Crippen molar-refractivity contribution in [1.82, 2.24) is 4.57 Å². The molecular formula is C28H33NO7. The van der Waals surface area contributed by atoms with Gasteiger partial charge in [-0.1, -0.05) is 30.3 Å². The highest BCUT2D eigenvalue weighted by molar-refractivity contribution is 5.98. The molecule has 0 radical (unpaired) electrons. The van der Waals surface area contributed by atoms with Gasteiger partial charge < -0.3 is 28.3 Å². The van der Waals surface area contributed by atoms with Crippen LogP contribution < -0.4 is 4.74 Å². The molecule has 0 aliphatic rings. The van der Waals surface area contributed by atoms with Crippen molar-refractivity contribution >= 4 is 11.9 Å². The van der Waals surface area contributed by atoms with Crippen LogP contribution in [0.1, 0.15) is 43.9 Å². The van der Waals surface area contributed by atoms with Crippen LogP contribution in [0.25, 0.3) is 16.8 Å². The lowest BCUT2D eigenvalue weighted by molar-refractivity contribution is -0.254. The first-order valence-corrected chi connectivity index (χ1v) is 12.1. The molecule has 0 spiro atoms. The Hall–Kier alpha value is -3.62. The highest BCUT2D eigenvalue weighted by Gasteiger charge is 2.49. The Kier molecular flexibility index (Phi) is 9.27. The number of carbonyl (C=O) groups excluding carboxylic acids is 2. The average molecular weight is 496 g/mol. The summed E-state index contributed by atoms with van der Waals surface area (Å²) in [5.74, 6) is -2.55. The fraction of sp³-hybridized carbons (Fsp3) is 0.357. The Morgan fingerprint density at radius 3 is 1.94 bits per heavy atom. The Morgan fingerprint density at radius 1 is 0.806 bits per heavy atom. The Morgan fingerprint density at radius 2 is 1.42 bits per heavy atom. The first-order chi connectivity index (χ1) is 17.5. The van der Waals surface area contributed by atoms with Crippen molar-refractivity contribution in [2.24, 2.45) is 0 Å². The van der Waals surface area contributed by atoms with E-state index in [-0.39, 0.29) is 37.8 Å². The Bertz CT molecular complexity index is 1150. The molecule has 0 fully saturated rings. The third-order valence-corrected chi connectivity index (χ3v) is 5.46. The highest BCUT2D eigenvalue weighted by Crippen LogP contribution is 2.39. The third kappa shape index (κ3) is 5.29. The third-order valence-electron chi connectivity index (χ3n) is 5.46. The van der Waals surface area contributed by atoms with Crippen molar-refractivity contribution < 1.29 is 33.3 Å². The molecule has 36 heavy (non-hydrogen) atoms. The normalized spacial score (nSPS) is 11.2. The van der Waals surface area contributed by atoms with Gasteiger partial charge in [-0.25, -0.2) is 9.59 Å². The molecule has 8 nitrogen and oxygen atoms in total. The smallest absolute Gasteiger partial charge is 0.373 e. The second-order valence-electron chi connectivity index (χ2n) is 7.61. The SMILES string of the molecule is CCOC(=O)c1c(-c2ccccc2)cc(C(OCC)(OCC)C(=O)OCC)n1-c1ccc(OC)cc1. The maximum Gasteiger partial charge on any atom is 0.373 e. The number of ether oxygens (including phenoxy) is 5. The van der Waals surface area contributed by atoms with Crippen LogP contribution in [0.4, 0.5) is 0 Å². The molecule has 0 saturated heterocycles. The van der Waals surface area contributed by atoms with Crippen LogP contribution in [0.15, 0.2) is 60.7 Å². The molecule has 1 aromatic heterocycles. The first-order valence-electron chi connectivity index (χ1n) is 12.1. The van der Waals surface area contributed by atoms with Crippen LogP contribution in [0.3, 0.4) is 0 Å². The summed E-state index contributed by atoms with van der Waals surface area (Å²) in [6, 6.07) is 18.2. The number of rotatable bonds is 12. The molecule has 8 heteroatoms. The standard InChI is InChI=1S/C28H33NO7/c1-6-33-26(30)25-23(20-13-11-10-12-14-20)19-24(29(25)21-15-17-22(32-5)18-16-21)28(35-8-3,36-9-4)27(31)34-7-2/h10-19H,6-9H2,1-5H3. The minimum Gasteiger partial charge on any atom is -0.497 e. The molecule has 0 N–H and O–H groups in total. The molecule has 1 heterocycles. The van der Waals surface area contributed by atoms with Crippen molar-refractivity contribution in [3.63, 3.8) is 0 Å². The van der Waals surface area contributed by atoms with E-state index in [0.717, 1.165) is 5.56 Å². The van der Waals surface area contributed by atoms with Crippen LogP contribution >= 0.6 is 0 Å². The summed E-state index contributed by atoms with van der Waals surface area (Å²) in [5.41, 5.74) is 2.44. The van der Waals surface area contributed by atoms with Gasteiger partial charge in [0.2, 0.25) is 0 Å². The molecule has 0 unspecified atom stereocenters. The quantitative estimate of drug-likeness (QED) is 0.255. The van der Waals surface area contributed by atoms with E-state index in [1.807, 2.05) is 30.3 Å². The van der Waals surface area contributed by atoms with Gasteiger partial charge in [-0.15, -0.1) is 0 Å². The van der Waals surface area contributed by atoms with Gasteiger partial charge in [-0.05, 0) is 63.6 Å². The summed E-state index contributed by atoms with van der Waals surface area (Å²) in [6.07, 6.45) is 0. The topological polar surface area (TPSA) is 85.2 Å². The second kappa shape index (κ2) is 12.4. The summed E-state index contributed by atoms with van der Waals surface area (Å²) in [7, 11) is 1.57. The Balaban J connectivity index is 2.46. The lowest BCUT2D eigenvalue weighted by atomic mass is 10.0. The second-order valence-corrected chi connectivity index (χ2v) is 7.61. The van der Waals surface area contributed by atoms with Gasteiger partial charge in [-0.2, -0.15) is 0 Å². The van der Waals surface area contributed by atoms with Crippen LogP contribution in [-0.2, 0) is 29.5 Å². The number of esters is 2.